The number of likely N-dealkylation sites (tertiary alicyclic amines) is 1. The average Bonchev–Trinajstić information content (AvgIpc) is 2.67. The van der Waals surface area contributed by atoms with Crippen LogP contribution in [0.5, 0.6) is 0 Å². The van der Waals surface area contributed by atoms with Crippen molar-refractivity contribution in [2.75, 3.05) is 13.1 Å². The molecule has 156 valence electrons. The van der Waals surface area contributed by atoms with Crippen LogP contribution < -0.4 is 5.32 Å². The molecule has 5 aliphatic rings. The molecular formula is C24H31ClN2O2. The third-order valence-corrected chi connectivity index (χ3v) is 8.23. The second-order valence-electron chi connectivity index (χ2n) is 10.2. The molecule has 4 saturated carbocycles. The van der Waals surface area contributed by atoms with Crippen LogP contribution >= 0.6 is 11.6 Å². The van der Waals surface area contributed by atoms with Gasteiger partial charge in [-0.05, 0) is 98.8 Å². The molecule has 5 heteroatoms. The highest BCUT2D eigenvalue weighted by atomic mass is 35.5. The van der Waals surface area contributed by atoms with Gasteiger partial charge in [-0.2, -0.15) is 0 Å². The van der Waals surface area contributed by atoms with Crippen LogP contribution in [-0.2, 0) is 4.79 Å². The molecule has 1 aromatic carbocycles. The number of carbonyl (C=O) groups excluding carboxylic acids is 2. The normalized spacial score (nSPS) is 33.7. The fraction of sp³-hybridized carbons (Fsp3) is 0.667. The fourth-order valence-corrected chi connectivity index (χ4v) is 7.21. The molecule has 0 spiro atoms. The largest absolute Gasteiger partial charge is 0.349 e. The standard InChI is InChI=1S/C24H31ClN2O2/c25-20-3-1-19(2-4-20)23(29)26-21-5-7-27(8-6-21)22(28)15-24-12-16-9-17(13-24)11-18(10-16)14-24/h1-4,16-18,21H,5-15H2,(H,26,29). The van der Waals surface area contributed by atoms with Gasteiger partial charge in [0.15, 0.2) is 0 Å². The lowest BCUT2D eigenvalue weighted by Crippen LogP contribution is -2.50. The number of hydrogen-bond acceptors (Lipinski definition) is 2. The molecule has 1 aromatic rings. The van der Waals surface area contributed by atoms with E-state index in [0.717, 1.165) is 50.1 Å². The van der Waals surface area contributed by atoms with Gasteiger partial charge in [0.2, 0.25) is 5.91 Å². The maximum atomic E-state index is 13.1. The molecule has 2 amide bonds. The fourth-order valence-electron chi connectivity index (χ4n) is 7.08. The van der Waals surface area contributed by atoms with Crippen molar-refractivity contribution in [1.29, 1.82) is 0 Å². The van der Waals surface area contributed by atoms with E-state index in [1.807, 2.05) is 0 Å². The molecule has 1 N–H and O–H groups in total. The molecule has 1 saturated heterocycles. The summed E-state index contributed by atoms with van der Waals surface area (Å²) in [7, 11) is 0. The van der Waals surface area contributed by atoms with Gasteiger partial charge in [0.1, 0.15) is 0 Å². The maximum absolute atomic E-state index is 13.1. The zero-order valence-corrected chi connectivity index (χ0v) is 17.8. The minimum atomic E-state index is -0.0555. The van der Waals surface area contributed by atoms with Gasteiger partial charge in [-0.25, -0.2) is 0 Å². The number of piperidine rings is 1. The molecule has 0 aromatic heterocycles. The van der Waals surface area contributed by atoms with Crippen LogP contribution in [0, 0.1) is 23.2 Å². The number of carbonyl (C=O) groups is 2. The van der Waals surface area contributed by atoms with Gasteiger partial charge in [-0.15, -0.1) is 0 Å². The quantitative estimate of drug-likeness (QED) is 0.778. The summed E-state index contributed by atoms with van der Waals surface area (Å²) < 4.78 is 0. The number of amides is 2. The van der Waals surface area contributed by atoms with E-state index < -0.39 is 0 Å². The van der Waals surface area contributed by atoms with Crippen molar-refractivity contribution in [3.05, 3.63) is 34.9 Å². The number of nitrogens with zero attached hydrogens (tertiary/aromatic N) is 1. The SMILES string of the molecule is O=C(NC1CCN(C(=O)CC23CC4CC(CC(C4)C2)C3)CC1)c1ccc(Cl)cc1. The Bertz CT molecular complexity index is 747. The lowest BCUT2D eigenvalue weighted by atomic mass is 9.49. The first-order valence-corrected chi connectivity index (χ1v) is 11.7. The Hall–Kier alpha value is -1.55. The summed E-state index contributed by atoms with van der Waals surface area (Å²) in [6.07, 6.45) is 10.6. The van der Waals surface area contributed by atoms with Gasteiger partial charge in [0, 0.05) is 36.1 Å². The topological polar surface area (TPSA) is 49.4 Å². The molecule has 0 unspecified atom stereocenters. The molecule has 29 heavy (non-hydrogen) atoms. The summed E-state index contributed by atoms with van der Waals surface area (Å²) >= 11 is 5.90. The molecule has 5 fully saturated rings. The third kappa shape index (κ3) is 4.05. The van der Waals surface area contributed by atoms with Crippen LogP contribution in [-0.4, -0.2) is 35.8 Å². The van der Waals surface area contributed by atoms with E-state index in [0.29, 0.717) is 21.9 Å². The summed E-state index contributed by atoms with van der Waals surface area (Å²) in [5.41, 5.74) is 0.945. The average molecular weight is 415 g/mol. The number of hydrogen-bond donors (Lipinski definition) is 1. The number of halogens is 1. The van der Waals surface area contributed by atoms with Gasteiger partial charge in [-0.1, -0.05) is 11.6 Å². The van der Waals surface area contributed by atoms with Gasteiger partial charge in [0.25, 0.3) is 5.91 Å². The summed E-state index contributed by atoms with van der Waals surface area (Å²) in [4.78, 5) is 27.6. The second-order valence-corrected chi connectivity index (χ2v) is 10.7. The van der Waals surface area contributed by atoms with Crippen molar-refractivity contribution in [3.63, 3.8) is 0 Å². The van der Waals surface area contributed by atoms with Crippen LogP contribution in [0.3, 0.4) is 0 Å². The van der Waals surface area contributed by atoms with Crippen molar-refractivity contribution >= 4 is 23.4 Å². The van der Waals surface area contributed by atoms with Gasteiger partial charge >= 0.3 is 0 Å². The Morgan fingerprint density at radius 2 is 1.52 bits per heavy atom. The maximum Gasteiger partial charge on any atom is 0.251 e. The van der Waals surface area contributed by atoms with Crippen molar-refractivity contribution < 1.29 is 9.59 Å². The highest BCUT2D eigenvalue weighted by molar-refractivity contribution is 6.30. The number of benzene rings is 1. The molecule has 4 nitrogen and oxygen atoms in total. The molecule has 1 aliphatic heterocycles. The van der Waals surface area contributed by atoms with Crippen LogP contribution in [0.4, 0.5) is 0 Å². The van der Waals surface area contributed by atoms with E-state index in [-0.39, 0.29) is 11.9 Å². The zero-order valence-electron chi connectivity index (χ0n) is 17.0. The van der Waals surface area contributed by atoms with Crippen LogP contribution in [0.25, 0.3) is 0 Å². The Kier molecular flexibility index (Phi) is 5.09. The Labute approximate surface area is 178 Å². The summed E-state index contributed by atoms with van der Waals surface area (Å²) in [5, 5.41) is 3.75. The Balaban J connectivity index is 1.12. The van der Waals surface area contributed by atoms with Crippen LogP contribution in [0.2, 0.25) is 5.02 Å². The molecule has 4 aliphatic carbocycles. The monoisotopic (exact) mass is 414 g/mol. The van der Waals surface area contributed by atoms with E-state index in [1.54, 1.807) is 24.3 Å². The molecule has 4 bridgehead atoms. The highest BCUT2D eigenvalue weighted by Gasteiger charge is 2.51. The van der Waals surface area contributed by atoms with Crippen LogP contribution in [0.1, 0.15) is 68.1 Å². The molecule has 6 rings (SSSR count). The summed E-state index contributed by atoms with van der Waals surface area (Å²) in [6.45, 7) is 1.52. The molecule has 0 radical (unpaired) electrons. The predicted molar refractivity (Wildman–Crippen MR) is 114 cm³/mol. The predicted octanol–water partition coefficient (Wildman–Crippen LogP) is 4.67. The van der Waals surface area contributed by atoms with E-state index in [1.165, 1.54) is 38.5 Å². The summed E-state index contributed by atoms with van der Waals surface area (Å²) in [5.74, 6) is 2.98. The van der Waals surface area contributed by atoms with Gasteiger partial charge in [0.05, 0.1) is 0 Å². The van der Waals surface area contributed by atoms with Crippen molar-refractivity contribution in [2.45, 2.75) is 63.8 Å². The first kappa shape index (κ1) is 19.4. The third-order valence-electron chi connectivity index (χ3n) is 7.98. The molecule has 1 heterocycles. The lowest BCUT2D eigenvalue weighted by Gasteiger charge is -2.57. The Morgan fingerprint density at radius 3 is 2.07 bits per heavy atom. The highest BCUT2D eigenvalue weighted by Crippen LogP contribution is 2.61. The van der Waals surface area contributed by atoms with Crippen molar-refractivity contribution in [1.82, 2.24) is 10.2 Å². The second kappa shape index (κ2) is 7.61. The van der Waals surface area contributed by atoms with Gasteiger partial charge in [-0.3, -0.25) is 9.59 Å². The Morgan fingerprint density at radius 1 is 0.966 bits per heavy atom. The van der Waals surface area contributed by atoms with E-state index >= 15 is 0 Å². The zero-order chi connectivity index (χ0) is 20.0. The minimum Gasteiger partial charge on any atom is -0.349 e. The molecular weight excluding hydrogens is 384 g/mol. The molecule has 0 atom stereocenters. The van der Waals surface area contributed by atoms with Crippen LogP contribution in [0.15, 0.2) is 24.3 Å². The lowest BCUT2D eigenvalue weighted by molar-refractivity contribution is -0.140. The first-order chi connectivity index (χ1) is 14.0. The smallest absolute Gasteiger partial charge is 0.251 e. The van der Waals surface area contributed by atoms with Crippen molar-refractivity contribution in [3.8, 4) is 0 Å². The number of rotatable bonds is 4. The summed E-state index contributed by atoms with van der Waals surface area (Å²) in [6, 6.07) is 7.12. The van der Waals surface area contributed by atoms with E-state index in [9.17, 15) is 9.59 Å². The van der Waals surface area contributed by atoms with Crippen molar-refractivity contribution in [2.24, 2.45) is 23.2 Å². The minimum absolute atomic E-state index is 0.0555. The van der Waals surface area contributed by atoms with Gasteiger partial charge < -0.3 is 10.2 Å². The van der Waals surface area contributed by atoms with E-state index in [2.05, 4.69) is 10.2 Å². The van der Waals surface area contributed by atoms with E-state index in [4.69, 9.17) is 11.6 Å². The first-order valence-electron chi connectivity index (χ1n) is 11.3. The number of nitrogens with one attached hydrogen (secondary N) is 1.